The molecule has 1 atom stereocenters. The summed E-state index contributed by atoms with van der Waals surface area (Å²) in [6.45, 7) is 16.5. The molecule has 0 bridgehead atoms. The van der Waals surface area contributed by atoms with Crippen molar-refractivity contribution in [3.05, 3.63) is 0 Å². The highest BCUT2D eigenvalue weighted by Crippen LogP contribution is 2.32. The van der Waals surface area contributed by atoms with Crippen molar-refractivity contribution in [1.82, 2.24) is 0 Å². The summed E-state index contributed by atoms with van der Waals surface area (Å²) in [6, 6.07) is 0. The summed E-state index contributed by atoms with van der Waals surface area (Å²) in [5.74, 6) is 0.879. The first-order chi connectivity index (χ1) is 6.16. The van der Waals surface area contributed by atoms with Gasteiger partial charge in [-0.3, -0.25) is 0 Å². The number of hydrogen-bond donors (Lipinski definition) is 0. The largest absolute Gasteiger partial charge is 0.0649 e. The molecule has 0 fully saturated rings. The fourth-order valence-corrected chi connectivity index (χ4v) is 1.87. The molecule has 0 aromatic heterocycles. The van der Waals surface area contributed by atoms with Crippen LogP contribution in [0.25, 0.3) is 0 Å². The van der Waals surface area contributed by atoms with Crippen LogP contribution in [0.5, 0.6) is 0 Å². The van der Waals surface area contributed by atoms with E-state index in [0.29, 0.717) is 10.8 Å². The second-order valence-corrected chi connectivity index (χ2v) is 6.93. The maximum atomic E-state index is 2.41. The van der Waals surface area contributed by atoms with Gasteiger partial charge >= 0.3 is 0 Å². The zero-order chi connectivity index (χ0) is 11.4. The molecule has 14 heavy (non-hydrogen) atoms. The highest BCUT2D eigenvalue weighted by Gasteiger charge is 2.20. The van der Waals surface area contributed by atoms with Crippen LogP contribution in [0, 0.1) is 16.7 Å². The molecule has 86 valence electrons. The molecule has 0 amide bonds. The standard InChI is InChI=1S/C14H30/c1-8-14(6,7)11-12(2)9-10-13(3,4)5/h12H,8-11H2,1-7H3. The summed E-state index contributed by atoms with van der Waals surface area (Å²) < 4.78 is 0. The number of hydrogen-bond acceptors (Lipinski definition) is 0. The molecule has 1 unspecified atom stereocenters. The molecule has 0 rings (SSSR count). The summed E-state index contributed by atoms with van der Waals surface area (Å²) in [6.07, 6.45) is 5.41. The van der Waals surface area contributed by atoms with Crippen molar-refractivity contribution in [1.29, 1.82) is 0 Å². The quantitative estimate of drug-likeness (QED) is 0.564. The Morgan fingerprint density at radius 1 is 1.00 bits per heavy atom. The topological polar surface area (TPSA) is 0 Å². The van der Waals surface area contributed by atoms with Gasteiger partial charge in [-0.2, -0.15) is 0 Å². The van der Waals surface area contributed by atoms with Crippen LogP contribution in [0.15, 0.2) is 0 Å². The second-order valence-electron chi connectivity index (χ2n) is 6.93. The highest BCUT2D eigenvalue weighted by atomic mass is 14.3. The van der Waals surface area contributed by atoms with Crippen LogP contribution in [-0.4, -0.2) is 0 Å². The molecular formula is C14H30. The SMILES string of the molecule is CCC(C)(C)CC(C)CCC(C)(C)C. The van der Waals surface area contributed by atoms with Crippen LogP contribution in [0.2, 0.25) is 0 Å². The van der Waals surface area contributed by atoms with Crippen LogP contribution in [0.4, 0.5) is 0 Å². The van der Waals surface area contributed by atoms with Gasteiger partial charge in [0.2, 0.25) is 0 Å². The van der Waals surface area contributed by atoms with Crippen LogP contribution in [0.1, 0.15) is 74.1 Å². The average molecular weight is 198 g/mol. The van der Waals surface area contributed by atoms with E-state index in [1.165, 1.54) is 25.7 Å². The average Bonchev–Trinajstić information content (AvgIpc) is 1.99. The Labute approximate surface area is 91.5 Å². The summed E-state index contributed by atoms with van der Waals surface area (Å²) in [5, 5.41) is 0. The van der Waals surface area contributed by atoms with E-state index in [9.17, 15) is 0 Å². The first-order valence-electron chi connectivity index (χ1n) is 6.16. The van der Waals surface area contributed by atoms with E-state index in [4.69, 9.17) is 0 Å². The minimum absolute atomic E-state index is 0.505. The Kier molecular flexibility index (Phi) is 5.19. The summed E-state index contributed by atoms with van der Waals surface area (Å²) in [5.41, 5.74) is 1.04. The first-order valence-corrected chi connectivity index (χ1v) is 6.16. The van der Waals surface area contributed by atoms with Crippen molar-refractivity contribution in [3.63, 3.8) is 0 Å². The minimum atomic E-state index is 0.505. The van der Waals surface area contributed by atoms with Crippen molar-refractivity contribution < 1.29 is 0 Å². The maximum absolute atomic E-state index is 2.41. The molecule has 0 aromatic carbocycles. The molecule has 0 radical (unpaired) electrons. The predicted octanol–water partition coefficient (Wildman–Crippen LogP) is 5.28. The lowest BCUT2D eigenvalue weighted by Gasteiger charge is -2.28. The van der Waals surface area contributed by atoms with Gasteiger partial charge in [-0.05, 0) is 29.6 Å². The van der Waals surface area contributed by atoms with Crippen molar-refractivity contribution in [2.24, 2.45) is 16.7 Å². The van der Waals surface area contributed by atoms with Crippen molar-refractivity contribution in [2.75, 3.05) is 0 Å². The van der Waals surface area contributed by atoms with Gasteiger partial charge in [0.05, 0.1) is 0 Å². The van der Waals surface area contributed by atoms with E-state index in [2.05, 4.69) is 48.5 Å². The summed E-state index contributed by atoms with van der Waals surface area (Å²) >= 11 is 0. The molecule has 0 aliphatic rings. The molecule has 0 heteroatoms. The minimum Gasteiger partial charge on any atom is -0.0649 e. The van der Waals surface area contributed by atoms with Crippen LogP contribution in [-0.2, 0) is 0 Å². The van der Waals surface area contributed by atoms with Crippen LogP contribution < -0.4 is 0 Å². The van der Waals surface area contributed by atoms with E-state index in [-0.39, 0.29) is 0 Å². The monoisotopic (exact) mass is 198 g/mol. The van der Waals surface area contributed by atoms with E-state index in [1.807, 2.05) is 0 Å². The normalized spacial score (nSPS) is 15.6. The van der Waals surface area contributed by atoms with Crippen molar-refractivity contribution >= 4 is 0 Å². The molecule has 0 nitrogen and oxygen atoms in total. The van der Waals surface area contributed by atoms with Gasteiger partial charge in [-0.1, -0.05) is 61.3 Å². The van der Waals surface area contributed by atoms with Gasteiger partial charge in [0.25, 0.3) is 0 Å². The van der Waals surface area contributed by atoms with Gasteiger partial charge in [-0.15, -0.1) is 0 Å². The molecule has 0 saturated heterocycles. The fourth-order valence-electron chi connectivity index (χ4n) is 1.87. The summed E-state index contributed by atoms with van der Waals surface area (Å²) in [4.78, 5) is 0. The van der Waals surface area contributed by atoms with Gasteiger partial charge in [0, 0.05) is 0 Å². The van der Waals surface area contributed by atoms with Crippen LogP contribution >= 0.6 is 0 Å². The van der Waals surface area contributed by atoms with E-state index in [0.717, 1.165) is 5.92 Å². The molecule has 0 spiro atoms. The Hall–Kier alpha value is 0. The third-order valence-corrected chi connectivity index (χ3v) is 3.25. The lowest BCUT2D eigenvalue weighted by atomic mass is 9.78. The van der Waals surface area contributed by atoms with Crippen LogP contribution in [0.3, 0.4) is 0 Å². The Bertz CT molecular complexity index is 148. The molecule has 0 aliphatic heterocycles. The lowest BCUT2D eigenvalue weighted by molar-refractivity contribution is 0.236. The molecule has 0 N–H and O–H groups in total. The van der Waals surface area contributed by atoms with E-state index >= 15 is 0 Å². The fraction of sp³-hybridized carbons (Fsp3) is 1.00. The Morgan fingerprint density at radius 3 is 1.86 bits per heavy atom. The zero-order valence-corrected chi connectivity index (χ0v) is 11.4. The Morgan fingerprint density at radius 2 is 1.50 bits per heavy atom. The van der Waals surface area contributed by atoms with Crippen molar-refractivity contribution in [3.8, 4) is 0 Å². The lowest BCUT2D eigenvalue weighted by Crippen LogP contribution is -2.16. The zero-order valence-electron chi connectivity index (χ0n) is 11.4. The van der Waals surface area contributed by atoms with Gasteiger partial charge in [0.1, 0.15) is 0 Å². The third kappa shape index (κ3) is 7.41. The molecule has 0 heterocycles. The van der Waals surface area contributed by atoms with Gasteiger partial charge in [-0.25, -0.2) is 0 Å². The second kappa shape index (κ2) is 5.19. The number of rotatable bonds is 5. The molecule has 0 aromatic rings. The van der Waals surface area contributed by atoms with Gasteiger partial charge in [0.15, 0.2) is 0 Å². The van der Waals surface area contributed by atoms with Crippen molar-refractivity contribution in [2.45, 2.75) is 74.1 Å². The molecule has 0 aliphatic carbocycles. The predicted molar refractivity (Wildman–Crippen MR) is 66.5 cm³/mol. The van der Waals surface area contributed by atoms with E-state index < -0.39 is 0 Å². The van der Waals surface area contributed by atoms with Gasteiger partial charge < -0.3 is 0 Å². The first kappa shape index (κ1) is 14.0. The highest BCUT2D eigenvalue weighted by molar-refractivity contribution is 4.72. The smallest absolute Gasteiger partial charge is 0.0354 e. The third-order valence-electron chi connectivity index (χ3n) is 3.25. The molecular weight excluding hydrogens is 168 g/mol. The molecule has 0 saturated carbocycles. The Balaban J connectivity index is 3.82. The van der Waals surface area contributed by atoms with E-state index in [1.54, 1.807) is 0 Å². The maximum Gasteiger partial charge on any atom is -0.0354 e. The summed E-state index contributed by atoms with van der Waals surface area (Å²) in [7, 11) is 0.